The average molecular weight is 569 g/mol. The Morgan fingerprint density at radius 2 is 1.77 bits per heavy atom. The van der Waals surface area contributed by atoms with Crippen molar-refractivity contribution in [2.24, 2.45) is 0 Å². The molecule has 0 bridgehead atoms. The Morgan fingerprint density at radius 1 is 1.00 bits per heavy atom. The molecule has 0 aliphatic carbocycles. The predicted octanol–water partition coefficient (Wildman–Crippen LogP) is 3.72. The van der Waals surface area contributed by atoms with E-state index in [0.29, 0.717) is 68.8 Å². The molecule has 13 heteroatoms. The lowest BCUT2D eigenvalue weighted by atomic mass is 10.00. The molecule has 1 aromatic carbocycles. The molecule has 0 atom stereocenters. The molecule has 0 amide bonds. The number of nitrogens with one attached hydrogen (secondary N) is 2. The van der Waals surface area contributed by atoms with Crippen molar-refractivity contribution < 1.29 is 26.7 Å². The number of pyridine rings is 2. The standard InChI is InChI=1S/C27H26F2N6O4S/c28-21-3-4-22(33-40(37,38)35-7-1-2-8-35)25(29)24(21)26(36)20-16-32-27-19(20)13-18(15-31-27)17-5-6-30-23(14-17)34-9-11-39-12-10-34/h3-6,13-16,33H,1-2,7-12H2,(H,31,32). The molecule has 208 valence electrons. The first-order valence-electron chi connectivity index (χ1n) is 12.9. The van der Waals surface area contributed by atoms with Gasteiger partial charge in [-0.05, 0) is 48.7 Å². The van der Waals surface area contributed by atoms with E-state index in [9.17, 15) is 17.6 Å². The molecular formula is C27H26F2N6O4S. The summed E-state index contributed by atoms with van der Waals surface area (Å²) in [5, 5.41) is 0.370. The molecule has 2 fully saturated rings. The highest BCUT2D eigenvalue weighted by atomic mass is 32.2. The van der Waals surface area contributed by atoms with Crippen LogP contribution in [0.4, 0.5) is 20.3 Å². The zero-order valence-corrected chi connectivity index (χ0v) is 22.2. The summed E-state index contributed by atoms with van der Waals surface area (Å²) in [5.41, 5.74) is 0.506. The fourth-order valence-electron chi connectivity index (χ4n) is 5.02. The third-order valence-corrected chi connectivity index (χ3v) is 8.67. The lowest BCUT2D eigenvalue weighted by Crippen LogP contribution is -2.36. The molecule has 3 aromatic heterocycles. The number of ether oxygens (including phenoxy) is 1. The molecule has 2 N–H and O–H groups in total. The molecule has 0 radical (unpaired) electrons. The third kappa shape index (κ3) is 4.91. The zero-order chi connectivity index (χ0) is 27.9. The van der Waals surface area contributed by atoms with E-state index in [1.165, 1.54) is 10.5 Å². The number of benzene rings is 1. The number of rotatable bonds is 7. The number of halogens is 2. The fourth-order valence-corrected chi connectivity index (χ4v) is 6.32. The van der Waals surface area contributed by atoms with E-state index in [2.05, 4.69) is 24.6 Å². The Kier molecular flexibility index (Phi) is 6.94. The lowest BCUT2D eigenvalue weighted by Gasteiger charge is -2.28. The van der Waals surface area contributed by atoms with Gasteiger partial charge in [-0.3, -0.25) is 9.52 Å². The summed E-state index contributed by atoms with van der Waals surface area (Å²) in [4.78, 5) is 27.4. The minimum absolute atomic E-state index is 0.00385. The predicted molar refractivity (Wildman–Crippen MR) is 145 cm³/mol. The zero-order valence-electron chi connectivity index (χ0n) is 21.4. The average Bonchev–Trinajstić information content (AvgIpc) is 3.66. The van der Waals surface area contributed by atoms with Crippen LogP contribution in [0, 0.1) is 11.6 Å². The SMILES string of the molecule is O=C(c1c(F)ccc(NS(=O)(=O)N2CCCC2)c1F)c1c[nH]c2ncc(-c3ccnc(N4CCOCC4)c3)cc12. The fraction of sp³-hybridized carbons (Fsp3) is 0.296. The molecule has 6 rings (SSSR count). The second-order valence-corrected chi connectivity index (χ2v) is 11.3. The molecule has 2 saturated heterocycles. The van der Waals surface area contributed by atoms with Crippen LogP contribution in [0.2, 0.25) is 0 Å². The van der Waals surface area contributed by atoms with Crippen LogP contribution in [-0.2, 0) is 14.9 Å². The van der Waals surface area contributed by atoms with Crippen molar-refractivity contribution in [3.8, 4) is 11.1 Å². The first kappa shape index (κ1) is 26.3. The summed E-state index contributed by atoms with van der Waals surface area (Å²) < 4.78 is 64.5. The Hall–Kier alpha value is -3.94. The van der Waals surface area contributed by atoms with Crippen LogP contribution in [0.25, 0.3) is 22.2 Å². The van der Waals surface area contributed by atoms with E-state index < -0.39 is 38.9 Å². The molecule has 2 aliphatic rings. The monoisotopic (exact) mass is 568 g/mol. The van der Waals surface area contributed by atoms with Gasteiger partial charge in [-0.1, -0.05) is 0 Å². The van der Waals surface area contributed by atoms with Gasteiger partial charge >= 0.3 is 10.2 Å². The highest BCUT2D eigenvalue weighted by Gasteiger charge is 2.29. The van der Waals surface area contributed by atoms with Crippen LogP contribution in [0.3, 0.4) is 0 Å². The Labute approximate surface area is 229 Å². The number of morpholine rings is 1. The van der Waals surface area contributed by atoms with Crippen LogP contribution < -0.4 is 9.62 Å². The van der Waals surface area contributed by atoms with Crippen molar-refractivity contribution in [3.05, 3.63) is 71.7 Å². The molecule has 4 aromatic rings. The highest BCUT2D eigenvalue weighted by molar-refractivity contribution is 7.90. The van der Waals surface area contributed by atoms with Gasteiger partial charge in [0.1, 0.15) is 17.3 Å². The minimum Gasteiger partial charge on any atom is -0.378 e. The quantitative estimate of drug-likeness (QED) is 0.326. The maximum absolute atomic E-state index is 15.5. The van der Waals surface area contributed by atoms with Crippen molar-refractivity contribution >= 4 is 38.5 Å². The van der Waals surface area contributed by atoms with Crippen molar-refractivity contribution in [1.82, 2.24) is 19.3 Å². The summed E-state index contributed by atoms with van der Waals surface area (Å²) in [7, 11) is -4.05. The third-order valence-electron chi connectivity index (χ3n) is 7.15. The van der Waals surface area contributed by atoms with E-state index in [1.54, 1.807) is 18.5 Å². The van der Waals surface area contributed by atoms with Gasteiger partial charge in [0.25, 0.3) is 0 Å². The summed E-state index contributed by atoms with van der Waals surface area (Å²) in [5.74, 6) is -2.54. The molecule has 40 heavy (non-hydrogen) atoms. The maximum Gasteiger partial charge on any atom is 0.301 e. The number of aromatic amines is 1. The number of H-pyrrole nitrogens is 1. The largest absolute Gasteiger partial charge is 0.378 e. The minimum atomic E-state index is -4.05. The number of hydrogen-bond donors (Lipinski definition) is 2. The molecule has 0 saturated carbocycles. The van der Waals surface area contributed by atoms with Gasteiger partial charge in [-0.15, -0.1) is 0 Å². The second-order valence-electron chi connectivity index (χ2n) is 9.65. The first-order chi connectivity index (χ1) is 19.3. The second kappa shape index (κ2) is 10.6. The van der Waals surface area contributed by atoms with Crippen LogP contribution >= 0.6 is 0 Å². The van der Waals surface area contributed by atoms with Gasteiger partial charge in [-0.25, -0.2) is 18.7 Å². The van der Waals surface area contributed by atoms with E-state index in [4.69, 9.17) is 4.74 Å². The smallest absolute Gasteiger partial charge is 0.301 e. The lowest BCUT2D eigenvalue weighted by molar-refractivity contribution is 0.103. The number of ketones is 1. The van der Waals surface area contributed by atoms with E-state index in [0.717, 1.165) is 23.5 Å². The van der Waals surface area contributed by atoms with Gasteiger partial charge < -0.3 is 14.6 Å². The molecular weight excluding hydrogens is 542 g/mol. The van der Waals surface area contributed by atoms with E-state index in [-0.39, 0.29) is 5.56 Å². The number of carbonyl (C=O) groups is 1. The van der Waals surface area contributed by atoms with E-state index >= 15 is 4.39 Å². The number of anilines is 2. The summed E-state index contributed by atoms with van der Waals surface area (Å²) in [6, 6.07) is 7.30. The van der Waals surface area contributed by atoms with Crippen LogP contribution in [-0.4, -0.2) is 72.9 Å². The van der Waals surface area contributed by atoms with Gasteiger partial charge in [-0.2, -0.15) is 12.7 Å². The van der Waals surface area contributed by atoms with E-state index in [1.807, 2.05) is 12.1 Å². The van der Waals surface area contributed by atoms with Crippen molar-refractivity contribution in [1.29, 1.82) is 0 Å². The summed E-state index contributed by atoms with van der Waals surface area (Å²) >= 11 is 0. The van der Waals surface area contributed by atoms with Crippen LogP contribution in [0.15, 0.2) is 48.9 Å². The number of carbonyl (C=O) groups excluding carboxylic acids is 1. The molecule has 0 spiro atoms. The summed E-state index contributed by atoms with van der Waals surface area (Å²) in [6.45, 7) is 3.27. The van der Waals surface area contributed by atoms with Crippen molar-refractivity contribution in [2.75, 3.05) is 49.0 Å². The highest BCUT2D eigenvalue weighted by Crippen LogP contribution is 2.31. The molecule has 2 aliphatic heterocycles. The van der Waals surface area contributed by atoms with Gasteiger partial charge in [0, 0.05) is 61.3 Å². The van der Waals surface area contributed by atoms with Crippen molar-refractivity contribution in [3.63, 3.8) is 0 Å². The van der Waals surface area contributed by atoms with Gasteiger partial charge in [0.2, 0.25) is 5.78 Å². The number of fused-ring (bicyclic) bond motifs is 1. The normalized spacial score (nSPS) is 16.5. The number of hydrogen-bond acceptors (Lipinski definition) is 7. The Morgan fingerprint density at radius 3 is 2.55 bits per heavy atom. The summed E-state index contributed by atoms with van der Waals surface area (Å²) in [6.07, 6.45) is 6.06. The number of aromatic nitrogens is 3. The van der Waals surface area contributed by atoms with Gasteiger partial charge in [0.15, 0.2) is 5.82 Å². The Balaban J connectivity index is 1.34. The topological polar surface area (TPSA) is 121 Å². The van der Waals surface area contributed by atoms with Crippen LogP contribution in [0.1, 0.15) is 28.8 Å². The molecule has 5 heterocycles. The molecule has 0 unspecified atom stereocenters. The van der Waals surface area contributed by atoms with Gasteiger partial charge in [0.05, 0.1) is 24.5 Å². The maximum atomic E-state index is 15.5. The van der Waals surface area contributed by atoms with Crippen LogP contribution in [0.5, 0.6) is 0 Å². The van der Waals surface area contributed by atoms with Crippen molar-refractivity contribution in [2.45, 2.75) is 12.8 Å². The Bertz CT molecular complexity index is 1700. The number of nitrogens with zero attached hydrogens (tertiary/aromatic N) is 4. The molecule has 10 nitrogen and oxygen atoms in total. The first-order valence-corrected chi connectivity index (χ1v) is 14.3.